The number of nitrogens with one attached hydrogen (secondary N) is 1. The van der Waals surface area contributed by atoms with Gasteiger partial charge < -0.3 is 5.32 Å². The Labute approximate surface area is 121 Å². The molecule has 6 heteroatoms. The van der Waals surface area contributed by atoms with Crippen molar-refractivity contribution >= 4 is 22.2 Å². The van der Waals surface area contributed by atoms with Crippen LogP contribution < -0.4 is 5.32 Å². The van der Waals surface area contributed by atoms with Crippen LogP contribution in [0, 0.1) is 25.2 Å². The molecule has 20 heavy (non-hydrogen) atoms. The number of rotatable bonds is 3. The summed E-state index contributed by atoms with van der Waals surface area (Å²) in [6, 6.07) is 3.93. The molecular formula is C14H16N4OS. The van der Waals surface area contributed by atoms with Crippen LogP contribution in [0.2, 0.25) is 0 Å². The number of aryl methyl sites for hydroxylation is 1. The zero-order chi connectivity index (χ0) is 14.9. The minimum absolute atomic E-state index is 0.105. The first-order valence-electron chi connectivity index (χ1n) is 6.30. The first-order valence-corrected chi connectivity index (χ1v) is 7.12. The Kier molecular flexibility index (Phi) is 3.91. The summed E-state index contributed by atoms with van der Waals surface area (Å²) >= 11 is 1.42. The highest BCUT2D eigenvalue weighted by Crippen LogP contribution is 2.32. The fourth-order valence-electron chi connectivity index (χ4n) is 1.92. The molecule has 104 valence electrons. The van der Waals surface area contributed by atoms with Crippen LogP contribution in [0.25, 0.3) is 0 Å². The van der Waals surface area contributed by atoms with Gasteiger partial charge in [-0.3, -0.25) is 9.48 Å². The van der Waals surface area contributed by atoms with Gasteiger partial charge in [-0.2, -0.15) is 10.4 Å². The molecule has 2 aromatic heterocycles. The van der Waals surface area contributed by atoms with Crippen molar-refractivity contribution in [3.05, 3.63) is 34.0 Å². The van der Waals surface area contributed by atoms with E-state index in [0.29, 0.717) is 16.3 Å². The van der Waals surface area contributed by atoms with Crippen molar-refractivity contribution in [2.45, 2.75) is 33.7 Å². The lowest BCUT2D eigenvalue weighted by Gasteiger charge is -2.10. The number of thiophene rings is 1. The third-order valence-electron chi connectivity index (χ3n) is 3.12. The SMILES string of the molecule is Cc1sc(NC(=O)c2ccnn2C(C)C)c(C#N)c1C. The number of aromatic nitrogens is 2. The minimum atomic E-state index is -0.242. The van der Waals surface area contributed by atoms with Gasteiger partial charge in [0.25, 0.3) is 5.91 Å². The van der Waals surface area contributed by atoms with Crippen LogP contribution in [0.3, 0.4) is 0 Å². The fraction of sp³-hybridized carbons (Fsp3) is 0.357. The van der Waals surface area contributed by atoms with Crippen molar-refractivity contribution < 1.29 is 4.79 Å². The Balaban J connectivity index is 2.31. The molecule has 0 saturated carbocycles. The number of amides is 1. The van der Waals surface area contributed by atoms with Gasteiger partial charge >= 0.3 is 0 Å². The normalized spacial score (nSPS) is 10.6. The maximum Gasteiger partial charge on any atom is 0.274 e. The summed E-state index contributed by atoms with van der Waals surface area (Å²) in [4.78, 5) is 13.4. The largest absolute Gasteiger partial charge is 0.311 e. The molecule has 0 saturated heterocycles. The number of nitrogens with zero attached hydrogens (tertiary/aromatic N) is 3. The number of carbonyl (C=O) groups excluding carboxylic acids is 1. The zero-order valence-corrected chi connectivity index (χ0v) is 12.7. The van der Waals surface area contributed by atoms with Gasteiger partial charge in [-0.25, -0.2) is 0 Å². The molecular weight excluding hydrogens is 272 g/mol. The summed E-state index contributed by atoms with van der Waals surface area (Å²) < 4.78 is 1.66. The first kappa shape index (κ1) is 14.3. The summed E-state index contributed by atoms with van der Waals surface area (Å²) in [5.41, 5.74) is 1.95. The van der Waals surface area contributed by atoms with E-state index in [9.17, 15) is 10.1 Å². The van der Waals surface area contributed by atoms with Crippen molar-refractivity contribution in [3.63, 3.8) is 0 Å². The first-order chi connectivity index (χ1) is 9.45. The van der Waals surface area contributed by atoms with E-state index in [0.717, 1.165) is 10.4 Å². The van der Waals surface area contributed by atoms with Gasteiger partial charge in [0.05, 0.1) is 5.56 Å². The fourth-order valence-corrected chi connectivity index (χ4v) is 2.93. The monoisotopic (exact) mass is 288 g/mol. The summed E-state index contributed by atoms with van der Waals surface area (Å²) in [7, 11) is 0. The molecule has 0 radical (unpaired) electrons. The summed E-state index contributed by atoms with van der Waals surface area (Å²) in [6.45, 7) is 7.75. The summed E-state index contributed by atoms with van der Waals surface area (Å²) in [5.74, 6) is -0.242. The van der Waals surface area contributed by atoms with Crippen LogP contribution in [0.1, 0.15) is 46.4 Å². The van der Waals surface area contributed by atoms with Gasteiger partial charge in [0.15, 0.2) is 0 Å². The van der Waals surface area contributed by atoms with E-state index >= 15 is 0 Å². The minimum Gasteiger partial charge on any atom is -0.311 e. The van der Waals surface area contributed by atoms with E-state index in [1.807, 2.05) is 27.7 Å². The van der Waals surface area contributed by atoms with Gasteiger partial charge in [-0.05, 0) is 39.3 Å². The van der Waals surface area contributed by atoms with Crippen molar-refractivity contribution in [2.75, 3.05) is 5.32 Å². The van der Waals surface area contributed by atoms with Gasteiger partial charge in [0, 0.05) is 17.1 Å². The van der Waals surface area contributed by atoms with Crippen LogP contribution >= 0.6 is 11.3 Å². The van der Waals surface area contributed by atoms with Gasteiger partial charge in [0.2, 0.25) is 0 Å². The Morgan fingerprint density at radius 1 is 1.50 bits per heavy atom. The van der Waals surface area contributed by atoms with E-state index in [1.54, 1.807) is 16.9 Å². The lowest BCUT2D eigenvalue weighted by molar-refractivity contribution is 0.101. The Bertz CT molecular complexity index is 691. The molecule has 2 rings (SSSR count). The Morgan fingerprint density at radius 3 is 2.80 bits per heavy atom. The topological polar surface area (TPSA) is 70.7 Å². The van der Waals surface area contributed by atoms with Crippen LogP contribution in [0.15, 0.2) is 12.3 Å². The van der Waals surface area contributed by atoms with Crippen molar-refractivity contribution in [1.82, 2.24) is 9.78 Å². The standard InChI is InChI=1S/C14H16N4OS/c1-8(2)18-12(5-6-16-18)13(19)17-14-11(7-15)9(3)10(4)20-14/h5-6,8H,1-4H3,(H,17,19). The van der Waals surface area contributed by atoms with Gasteiger partial charge in [-0.15, -0.1) is 11.3 Å². The van der Waals surface area contributed by atoms with E-state index in [2.05, 4.69) is 16.5 Å². The van der Waals surface area contributed by atoms with Crippen LogP contribution in [-0.4, -0.2) is 15.7 Å². The molecule has 0 fully saturated rings. The van der Waals surface area contributed by atoms with Crippen LogP contribution in [-0.2, 0) is 0 Å². The quantitative estimate of drug-likeness (QED) is 0.942. The van der Waals surface area contributed by atoms with Crippen LogP contribution in [0.4, 0.5) is 5.00 Å². The maximum atomic E-state index is 12.3. The Morgan fingerprint density at radius 2 is 2.20 bits per heavy atom. The van der Waals surface area contributed by atoms with Crippen molar-refractivity contribution in [1.29, 1.82) is 5.26 Å². The van der Waals surface area contributed by atoms with Gasteiger partial charge in [-0.1, -0.05) is 0 Å². The molecule has 2 heterocycles. The van der Waals surface area contributed by atoms with Crippen molar-refractivity contribution in [2.24, 2.45) is 0 Å². The van der Waals surface area contributed by atoms with E-state index in [1.165, 1.54) is 11.3 Å². The summed E-state index contributed by atoms with van der Waals surface area (Å²) in [5, 5.41) is 16.7. The van der Waals surface area contributed by atoms with Crippen LogP contribution in [0.5, 0.6) is 0 Å². The second-order valence-electron chi connectivity index (χ2n) is 4.81. The van der Waals surface area contributed by atoms with E-state index in [-0.39, 0.29) is 11.9 Å². The molecule has 0 bridgehead atoms. The molecule has 0 spiro atoms. The molecule has 0 atom stereocenters. The zero-order valence-electron chi connectivity index (χ0n) is 11.9. The molecule has 0 unspecified atom stereocenters. The number of hydrogen-bond donors (Lipinski definition) is 1. The summed E-state index contributed by atoms with van der Waals surface area (Å²) in [6.07, 6.45) is 1.60. The highest BCUT2D eigenvalue weighted by molar-refractivity contribution is 7.16. The number of carbonyl (C=O) groups is 1. The predicted molar refractivity (Wildman–Crippen MR) is 79.1 cm³/mol. The average Bonchev–Trinajstić information content (AvgIpc) is 2.96. The predicted octanol–water partition coefficient (Wildman–Crippen LogP) is 3.27. The highest BCUT2D eigenvalue weighted by Gasteiger charge is 2.18. The molecule has 5 nitrogen and oxygen atoms in total. The molecule has 0 aliphatic carbocycles. The van der Waals surface area contributed by atoms with E-state index in [4.69, 9.17) is 0 Å². The molecule has 1 N–H and O–H groups in total. The second kappa shape index (κ2) is 5.47. The van der Waals surface area contributed by atoms with Crippen molar-refractivity contribution in [3.8, 4) is 6.07 Å². The highest BCUT2D eigenvalue weighted by atomic mass is 32.1. The number of anilines is 1. The molecule has 1 amide bonds. The second-order valence-corrected chi connectivity index (χ2v) is 6.03. The van der Waals surface area contributed by atoms with E-state index < -0.39 is 0 Å². The molecule has 2 aromatic rings. The number of nitriles is 1. The third kappa shape index (κ3) is 2.45. The van der Waals surface area contributed by atoms with Gasteiger partial charge in [0.1, 0.15) is 16.8 Å². The maximum absolute atomic E-state index is 12.3. The third-order valence-corrected chi connectivity index (χ3v) is 4.24. The average molecular weight is 288 g/mol. The molecule has 0 aliphatic rings. The lowest BCUT2D eigenvalue weighted by Crippen LogP contribution is -2.18. The molecule has 0 aliphatic heterocycles. The smallest absolute Gasteiger partial charge is 0.274 e. The lowest BCUT2D eigenvalue weighted by atomic mass is 10.2. The molecule has 0 aromatic carbocycles. The Hall–Kier alpha value is -2.13. The number of hydrogen-bond acceptors (Lipinski definition) is 4.